The van der Waals surface area contributed by atoms with Gasteiger partial charge in [-0.3, -0.25) is 4.79 Å². The summed E-state index contributed by atoms with van der Waals surface area (Å²) < 4.78 is 6.12. The van der Waals surface area contributed by atoms with E-state index in [0.29, 0.717) is 6.42 Å². The Hall–Kier alpha value is -0.530. The highest BCUT2D eigenvalue weighted by molar-refractivity contribution is 5.70. The Kier molecular flexibility index (Phi) is 9.18. The second kappa shape index (κ2) is 11.6. The highest BCUT2D eigenvalue weighted by Gasteiger charge is 2.53. The molecule has 0 N–H and O–H groups in total. The Labute approximate surface area is 174 Å². The molecule has 0 aromatic heterocycles. The van der Waals surface area contributed by atoms with Gasteiger partial charge in [0.2, 0.25) is 0 Å². The molecule has 4 aliphatic rings. The van der Waals surface area contributed by atoms with Crippen LogP contribution in [0.25, 0.3) is 0 Å². The summed E-state index contributed by atoms with van der Waals surface area (Å²) >= 11 is 0. The zero-order valence-corrected chi connectivity index (χ0v) is 18.7. The topological polar surface area (TPSA) is 26.3 Å². The van der Waals surface area contributed by atoms with Gasteiger partial charge in [0.1, 0.15) is 5.60 Å². The van der Waals surface area contributed by atoms with Crippen LogP contribution in [0.15, 0.2) is 0 Å². The molecule has 0 unspecified atom stereocenters. The predicted molar refractivity (Wildman–Crippen MR) is 117 cm³/mol. The van der Waals surface area contributed by atoms with Crippen molar-refractivity contribution in [2.45, 2.75) is 141 Å². The maximum atomic E-state index is 12.4. The predicted octanol–water partition coefficient (Wildman–Crippen LogP) is 7.98. The van der Waals surface area contributed by atoms with E-state index < -0.39 is 0 Å². The van der Waals surface area contributed by atoms with Crippen LogP contribution < -0.4 is 0 Å². The van der Waals surface area contributed by atoms with Gasteiger partial charge in [-0.15, -0.1) is 0 Å². The summed E-state index contributed by atoms with van der Waals surface area (Å²) in [5, 5.41) is 0. The van der Waals surface area contributed by atoms with Gasteiger partial charge >= 0.3 is 5.97 Å². The summed E-state index contributed by atoms with van der Waals surface area (Å²) in [6, 6.07) is 0. The van der Waals surface area contributed by atoms with Crippen LogP contribution in [0.3, 0.4) is 0 Å². The van der Waals surface area contributed by atoms with E-state index >= 15 is 0 Å². The summed E-state index contributed by atoms with van der Waals surface area (Å²) in [4.78, 5) is 12.4. The summed E-state index contributed by atoms with van der Waals surface area (Å²) in [5.74, 6) is 2.67. The molecule has 0 heterocycles. The number of rotatable bonds is 15. The second-order valence-electron chi connectivity index (χ2n) is 10.6. The molecule has 4 rings (SSSR count). The van der Waals surface area contributed by atoms with Gasteiger partial charge in [-0.05, 0) is 62.7 Å². The maximum absolute atomic E-state index is 12.4. The third-order valence-corrected chi connectivity index (χ3v) is 7.80. The molecule has 28 heavy (non-hydrogen) atoms. The van der Waals surface area contributed by atoms with Gasteiger partial charge in [0.05, 0.1) is 0 Å². The van der Waals surface area contributed by atoms with Gasteiger partial charge in [0, 0.05) is 6.42 Å². The summed E-state index contributed by atoms with van der Waals surface area (Å²) in [5.41, 5.74) is -0.0393. The third-order valence-electron chi connectivity index (χ3n) is 7.80. The lowest BCUT2D eigenvalue weighted by atomic mass is 9.54. The average Bonchev–Trinajstić information content (AvgIpc) is 2.64. The molecule has 0 atom stereocenters. The third kappa shape index (κ3) is 7.06. The highest BCUT2D eigenvalue weighted by Crippen LogP contribution is 2.57. The molecule has 0 spiro atoms. The fourth-order valence-corrected chi connectivity index (χ4v) is 6.74. The van der Waals surface area contributed by atoms with Gasteiger partial charge in [-0.1, -0.05) is 84.0 Å². The zero-order chi connectivity index (χ0) is 19.7. The minimum Gasteiger partial charge on any atom is -0.459 e. The first-order chi connectivity index (χ1) is 13.7. The van der Waals surface area contributed by atoms with E-state index in [1.807, 2.05) is 0 Å². The second-order valence-corrected chi connectivity index (χ2v) is 10.6. The van der Waals surface area contributed by atoms with E-state index in [2.05, 4.69) is 6.92 Å². The Morgan fingerprint density at radius 2 is 1.07 bits per heavy atom. The largest absolute Gasteiger partial charge is 0.459 e. The molecule has 0 aromatic rings. The number of carbonyl (C=O) groups excluding carboxylic acids is 1. The molecule has 4 saturated carbocycles. The minimum absolute atomic E-state index is 0.0393. The van der Waals surface area contributed by atoms with E-state index in [-0.39, 0.29) is 11.6 Å². The Morgan fingerprint density at radius 1 is 0.679 bits per heavy atom. The van der Waals surface area contributed by atoms with Crippen LogP contribution in [0, 0.1) is 17.8 Å². The van der Waals surface area contributed by atoms with Gasteiger partial charge in [0.25, 0.3) is 0 Å². The first-order valence-corrected chi connectivity index (χ1v) is 12.9. The number of unbranched alkanes of at least 4 members (excludes halogenated alkanes) is 12. The fraction of sp³-hybridized carbons (Fsp3) is 0.962. The van der Waals surface area contributed by atoms with Crippen molar-refractivity contribution in [3.63, 3.8) is 0 Å². The smallest absolute Gasteiger partial charge is 0.306 e. The number of carbonyl (C=O) groups is 1. The first-order valence-electron chi connectivity index (χ1n) is 12.9. The van der Waals surface area contributed by atoms with Crippen LogP contribution in [0.5, 0.6) is 0 Å². The quantitative estimate of drug-likeness (QED) is 0.209. The van der Waals surface area contributed by atoms with Gasteiger partial charge in [0.15, 0.2) is 0 Å². The van der Waals surface area contributed by atoms with Crippen molar-refractivity contribution >= 4 is 5.97 Å². The van der Waals surface area contributed by atoms with Crippen LogP contribution in [0.4, 0.5) is 0 Å². The van der Waals surface area contributed by atoms with E-state index in [4.69, 9.17) is 4.74 Å². The van der Waals surface area contributed by atoms with Crippen molar-refractivity contribution in [2.24, 2.45) is 17.8 Å². The van der Waals surface area contributed by atoms with Crippen molar-refractivity contribution in [3.8, 4) is 0 Å². The van der Waals surface area contributed by atoms with Crippen molar-refractivity contribution in [1.82, 2.24) is 0 Å². The molecule has 162 valence electrons. The summed E-state index contributed by atoms with van der Waals surface area (Å²) in [7, 11) is 0. The minimum atomic E-state index is -0.0393. The number of ether oxygens (including phenoxy) is 1. The average molecular weight is 391 g/mol. The SMILES string of the molecule is CCCCCCCCCCCCCCCC(=O)OC12CC3CC(CC(C3)C1)C2. The van der Waals surface area contributed by atoms with E-state index in [0.717, 1.165) is 24.2 Å². The molecule has 4 bridgehead atoms. The maximum Gasteiger partial charge on any atom is 0.306 e. The normalized spacial score (nSPS) is 30.7. The standard InChI is InChI=1S/C26H46O2/c1-2-3-4-5-6-7-8-9-10-11-12-13-14-15-25(27)28-26-19-22-16-23(20-26)18-24(17-22)21-26/h22-24H,2-21H2,1H3. The molecular weight excluding hydrogens is 344 g/mol. The zero-order valence-electron chi connectivity index (χ0n) is 18.7. The van der Waals surface area contributed by atoms with Crippen molar-refractivity contribution < 1.29 is 9.53 Å². The highest BCUT2D eigenvalue weighted by atomic mass is 16.6. The van der Waals surface area contributed by atoms with Crippen LogP contribution in [0.1, 0.15) is 135 Å². The number of hydrogen-bond donors (Lipinski definition) is 0. The molecule has 4 aliphatic carbocycles. The molecule has 2 nitrogen and oxygen atoms in total. The Balaban J connectivity index is 1.14. The molecule has 0 aromatic carbocycles. The van der Waals surface area contributed by atoms with Crippen molar-refractivity contribution in [2.75, 3.05) is 0 Å². The molecule has 0 saturated heterocycles. The molecule has 0 radical (unpaired) electrons. The first kappa shape index (κ1) is 22.2. The Morgan fingerprint density at radius 3 is 1.50 bits per heavy atom. The lowest BCUT2D eigenvalue weighted by Crippen LogP contribution is -2.52. The van der Waals surface area contributed by atoms with Crippen LogP contribution >= 0.6 is 0 Å². The summed E-state index contributed by atoms with van der Waals surface area (Å²) in [6.45, 7) is 2.28. The van der Waals surface area contributed by atoms with Gasteiger partial charge < -0.3 is 4.74 Å². The monoisotopic (exact) mass is 390 g/mol. The van der Waals surface area contributed by atoms with Crippen LogP contribution in [-0.4, -0.2) is 11.6 Å². The van der Waals surface area contributed by atoms with Gasteiger partial charge in [-0.25, -0.2) is 0 Å². The van der Waals surface area contributed by atoms with Crippen molar-refractivity contribution in [1.29, 1.82) is 0 Å². The lowest BCUT2D eigenvalue weighted by Gasteiger charge is -2.55. The molecule has 0 amide bonds. The van der Waals surface area contributed by atoms with Crippen LogP contribution in [0.2, 0.25) is 0 Å². The number of hydrogen-bond acceptors (Lipinski definition) is 2. The Bertz CT molecular complexity index is 420. The molecule has 0 aliphatic heterocycles. The molecule has 4 fully saturated rings. The van der Waals surface area contributed by atoms with E-state index in [9.17, 15) is 4.79 Å². The summed E-state index contributed by atoms with van der Waals surface area (Å²) in [6.07, 6.45) is 26.0. The van der Waals surface area contributed by atoms with Crippen molar-refractivity contribution in [3.05, 3.63) is 0 Å². The molecule has 2 heteroatoms. The molecular formula is C26H46O2. The lowest BCUT2D eigenvalue weighted by molar-refractivity contribution is -0.186. The number of esters is 1. The fourth-order valence-electron chi connectivity index (χ4n) is 6.74. The van der Waals surface area contributed by atoms with Gasteiger partial charge in [-0.2, -0.15) is 0 Å². The van der Waals surface area contributed by atoms with Crippen LogP contribution in [-0.2, 0) is 9.53 Å². The van der Waals surface area contributed by atoms with E-state index in [1.165, 1.54) is 116 Å². The van der Waals surface area contributed by atoms with E-state index in [1.54, 1.807) is 0 Å².